The third kappa shape index (κ3) is 6.54. The molecule has 2 N–H and O–H groups in total. The minimum Gasteiger partial charge on any atom is -0.379 e. The Morgan fingerprint density at radius 1 is 1.00 bits per heavy atom. The van der Waals surface area contributed by atoms with Gasteiger partial charge in [0, 0.05) is 38.7 Å². The summed E-state index contributed by atoms with van der Waals surface area (Å²) in [5, 5.41) is 5.59. The van der Waals surface area contributed by atoms with Crippen LogP contribution in [0.3, 0.4) is 0 Å². The molecule has 0 radical (unpaired) electrons. The number of benzene rings is 2. The van der Waals surface area contributed by atoms with Crippen LogP contribution in [0.1, 0.15) is 40.0 Å². The van der Waals surface area contributed by atoms with Gasteiger partial charge in [0.15, 0.2) is 0 Å². The minimum atomic E-state index is -4.40. The fourth-order valence-electron chi connectivity index (χ4n) is 3.53. The molecule has 2 aromatic carbocycles. The quantitative estimate of drug-likeness (QED) is 0.682. The van der Waals surface area contributed by atoms with Gasteiger partial charge in [-0.05, 0) is 35.4 Å². The predicted octanol–water partition coefficient (Wildman–Crippen LogP) is 3.14. The van der Waals surface area contributed by atoms with Gasteiger partial charge in [-0.25, -0.2) is 0 Å². The molecule has 0 aliphatic carbocycles. The van der Waals surface area contributed by atoms with E-state index in [0.29, 0.717) is 44.0 Å². The van der Waals surface area contributed by atoms with E-state index in [0.717, 1.165) is 17.7 Å². The number of carbonyl (C=O) groups is 2. The number of hydrogen-bond donors (Lipinski definition) is 2. The molecule has 0 saturated carbocycles. The zero-order chi connectivity index (χ0) is 23.1. The molecule has 9 heteroatoms. The molecule has 1 fully saturated rings. The van der Waals surface area contributed by atoms with Gasteiger partial charge < -0.3 is 15.4 Å². The first-order valence-electron chi connectivity index (χ1n) is 10.3. The number of amides is 2. The van der Waals surface area contributed by atoms with Gasteiger partial charge >= 0.3 is 6.18 Å². The summed E-state index contributed by atoms with van der Waals surface area (Å²) in [6, 6.07) is 11.7. The number of alkyl halides is 3. The number of ether oxygens (including phenoxy) is 1. The Bertz CT molecular complexity index is 909. The number of morpholine rings is 1. The van der Waals surface area contributed by atoms with E-state index in [2.05, 4.69) is 15.5 Å². The smallest absolute Gasteiger partial charge is 0.379 e. The monoisotopic (exact) mass is 449 g/mol. The number of hydrogen-bond acceptors (Lipinski definition) is 4. The first kappa shape index (κ1) is 23.7. The van der Waals surface area contributed by atoms with Crippen LogP contribution >= 0.6 is 0 Å². The zero-order valence-electron chi connectivity index (χ0n) is 17.7. The number of rotatable bonds is 7. The third-order valence-corrected chi connectivity index (χ3v) is 5.32. The second-order valence-corrected chi connectivity index (χ2v) is 7.60. The zero-order valence-corrected chi connectivity index (χ0v) is 17.7. The molecule has 6 nitrogen and oxygen atoms in total. The summed E-state index contributed by atoms with van der Waals surface area (Å²) in [7, 11) is 0. The number of halogens is 3. The molecular formula is C23H26F3N3O3. The molecule has 0 aromatic heterocycles. The van der Waals surface area contributed by atoms with Crippen molar-refractivity contribution in [1.82, 2.24) is 15.5 Å². The summed E-state index contributed by atoms with van der Waals surface area (Å²) in [5.41, 5.74) is 1.33. The lowest BCUT2D eigenvalue weighted by Gasteiger charge is -2.35. The molecule has 32 heavy (non-hydrogen) atoms. The number of nitrogens with one attached hydrogen (secondary N) is 2. The molecule has 0 spiro atoms. The average Bonchev–Trinajstić information content (AvgIpc) is 2.78. The first-order valence-corrected chi connectivity index (χ1v) is 10.3. The van der Waals surface area contributed by atoms with Crippen molar-refractivity contribution in [3.05, 3.63) is 70.8 Å². The molecule has 1 unspecified atom stereocenters. The lowest BCUT2D eigenvalue weighted by atomic mass is 10.0. The number of carbonyl (C=O) groups excluding carboxylic acids is 2. The molecule has 2 aromatic rings. The summed E-state index contributed by atoms with van der Waals surface area (Å²) < 4.78 is 44.2. The van der Waals surface area contributed by atoms with E-state index >= 15 is 0 Å². The van der Waals surface area contributed by atoms with Gasteiger partial charge in [0.2, 0.25) is 5.91 Å². The molecule has 172 valence electrons. The van der Waals surface area contributed by atoms with Crippen LogP contribution < -0.4 is 10.6 Å². The summed E-state index contributed by atoms with van der Waals surface area (Å²) in [6.45, 7) is 4.37. The third-order valence-electron chi connectivity index (χ3n) is 5.32. The maximum atomic E-state index is 12.9. The lowest BCUT2D eigenvalue weighted by molar-refractivity contribution is -0.137. The molecule has 1 aliphatic rings. The van der Waals surface area contributed by atoms with Crippen LogP contribution in [0.25, 0.3) is 0 Å². The van der Waals surface area contributed by atoms with E-state index in [-0.39, 0.29) is 24.4 Å². The molecule has 0 bridgehead atoms. The standard InChI is InChI=1S/C23H26F3N3O3/c1-16(30)27-14-17-2-4-19(5-3-17)22(31)28-15-21(29-10-12-32-13-11-29)18-6-8-20(9-7-18)23(24,25)26/h2-9,21H,10-15H2,1H3,(H,27,30)(H,28,31). The SMILES string of the molecule is CC(=O)NCc1ccc(C(=O)NCC(c2ccc(C(F)(F)F)cc2)N2CCOCC2)cc1. The van der Waals surface area contributed by atoms with E-state index in [1.54, 1.807) is 24.3 Å². The Balaban J connectivity index is 1.68. The fourth-order valence-corrected chi connectivity index (χ4v) is 3.53. The topological polar surface area (TPSA) is 70.7 Å². The number of nitrogens with zero attached hydrogens (tertiary/aromatic N) is 1. The van der Waals surface area contributed by atoms with E-state index in [4.69, 9.17) is 4.74 Å². The molecule has 2 amide bonds. The molecule has 1 saturated heterocycles. The first-order chi connectivity index (χ1) is 15.2. The van der Waals surface area contributed by atoms with Crippen molar-refractivity contribution >= 4 is 11.8 Å². The van der Waals surface area contributed by atoms with Gasteiger partial charge in [0.05, 0.1) is 24.8 Å². The highest BCUT2D eigenvalue weighted by atomic mass is 19.4. The second-order valence-electron chi connectivity index (χ2n) is 7.60. The predicted molar refractivity (Wildman–Crippen MR) is 113 cm³/mol. The molecule has 1 heterocycles. The maximum absolute atomic E-state index is 12.9. The summed E-state index contributed by atoms with van der Waals surface area (Å²) in [4.78, 5) is 25.8. The molecule has 1 atom stereocenters. The molecular weight excluding hydrogens is 423 g/mol. The van der Waals surface area contributed by atoms with Gasteiger partial charge in [-0.15, -0.1) is 0 Å². The van der Waals surface area contributed by atoms with E-state index in [1.807, 2.05) is 0 Å². The van der Waals surface area contributed by atoms with Crippen LogP contribution in [0.5, 0.6) is 0 Å². The van der Waals surface area contributed by atoms with Gasteiger partial charge in [-0.3, -0.25) is 14.5 Å². The van der Waals surface area contributed by atoms with Crippen LogP contribution in [-0.4, -0.2) is 49.6 Å². The van der Waals surface area contributed by atoms with Crippen molar-refractivity contribution in [3.8, 4) is 0 Å². The van der Waals surface area contributed by atoms with Gasteiger partial charge in [-0.1, -0.05) is 24.3 Å². The van der Waals surface area contributed by atoms with Crippen LogP contribution in [-0.2, 0) is 22.3 Å². The molecule has 3 rings (SSSR count). The second kappa shape index (κ2) is 10.6. The van der Waals surface area contributed by atoms with Crippen molar-refractivity contribution in [2.24, 2.45) is 0 Å². The van der Waals surface area contributed by atoms with E-state index < -0.39 is 11.7 Å². The normalized spacial score (nSPS) is 15.8. The van der Waals surface area contributed by atoms with Crippen molar-refractivity contribution in [3.63, 3.8) is 0 Å². The van der Waals surface area contributed by atoms with Gasteiger partial charge in [-0.2, -0.15) is 13.2 Å². The van der Waals surface area contributed by atoms with Crippen molar-refractivity contribution in [2.45, 2.75) is 25.7 Å². The van der Waals surface area contributed by atoms with E-state index in [9.17, 15) is 22.8 Å². The lowest BCUT2D eigenvalue weighted by Crippen LogP contribution is -2.43. The van der Waals surface area contributed by atoms with Crippen LogP contribution in [0.2, 0.25) is 0 Å². The Labute approximate surface area is 184 Å². The van der Waals surface area contributed by atoms with Gasteiger partial charge in [0.1, 0.15) is 0 Å². The van der Waals surface area contributed by atoms with Crippen LogP contribution in [0, 0.1) is 0 Å². The van der Waals surface area contributed by atoms with Gasteiger partial charge in [0.25, 0.3) is 5.91 Å². The van der Waals surface area contributed by atoms with Crippen LogP contribution in [0.4, 0.5) is 13.2 Å². The van der Waals surface area contributed by atoms with Crippen molar-refractivity contribution in [2.75, 3.05) is 32.8 Å². The Hall–Kier alpha value is -2.91. The fraction of sp³-hybridized carbons (Fsp3) is 0.391. The highest BCUT2D eigenvalue weighted by Crippen LogP contribution is 2.31. The minimum absolute atomic E-state index is 0.135. The maximum Gasteiger partial charge on any atom is 0.416 e. The van der Waals surface area contributed by atoms with Crippen LogP contribution in [0.15, 0.2) is 48.5 Å². The Morgan fingerprint density at radius 2 is 1.62 bits per heavy atom. The average molecular weight is 449 g/mol. The Morgan fingerprint density at radius 3 is 2.19 bits per heavy atom. The van der Waals surface area contributed by atoms with Crippen molar-refractivity contribution < 1.29 is 27.5 Å². The highest BCUT2D eigenvalue weighted by Gasteiger charge is 2.31. The summed E-state index contributed by atoms with van der Waals surface area (Å²) in [6.07, 6.45) is -4.40. The largest absolute Gasteiger partial charge is 0.416 e. The van der Waals surface area contributed by atoms with Crippen molar-refractivity contribution in [1.29, 1.82) is 0 Å². The van der Waals surface area contributed by atoms with E-state index in [1.165, 1.54) is 19.1 Å². The summed E-state index contributed by atoms with van der Waals surface area (Å²) >= 11 is 0. The Kier molecular flexibility index (Phi) is 7.87. The highest BCUT2D eigenvalue weighted by molar-refractivity contribution is 5.94. The summed E-state index contributed by atoms with van der Waals surface area (Å²) in [5.74, 6) is -0.412. The molecule has 1 aliphatic heterocycles.